The Kier molecular flexibility index (Phi) is 5.57. The van der Waals surface area contributed by atoms with Gasteiger partial charge in [-0.05, 0) is 30.7 Å². The fourth-order valence-electron chi connectivity index (χ4n) is 3.29. The third-order valence-corrected chi connectivity index (χ3v) is 4.88. The zero-order valence-corrected chi connectivity index (χ0v) is 16.8. The van der Waals surface area contributed by atoms with Crippen LogP contribution in [0.2, 0.25) is 0 Å². The van der Waals surface area contributed by atoms with Crippen LogP contribution in [0.1, 0.15) is 28.5 Å². The molecule has 0 fully saturated rings. The van der Waals surface area contributed by atoms with Crippen molar-refractivity contribution in [3.63, 3.8) is 0 Å². The van der Waals surface area contributed by atoms with Crippen LogP contribution in [0.5, 0.6) is 5.75 Å². The summed E-state index contributed by atoms with van der Waals surface area (Å²) in [5.74, 6) is -0.481. The SMILES string of the molecule is C/C(=N\NC(=O)c1nn(Cc2ccccc2)c(=O)c2ccccc12)c1ccccc1O. The number of rotatable bonds is 5. The Balaban J connectivity index is 1.71. The molecule has 2 N–H and O–H groups in total. The zero-order valence-electron chi connectivity index (χ0n) is 16.8. The van der Waals surface area contributed by atoms with Gasteiger partial charge in [0, 0.05) is 10.9 Å². The van der Waals surface area contributed by atoms with Gasteiger partial charge in [-0.25, -0.2) is 10.1 Å². The second-order valence-electron chi connectivity index (χ2n) is 7.00. The standard InChI is InChI=1S/C24H20N4O3/c1-16(18-11-7-8-14-21(18)29)25-26-23(30)22-19-12-5-6-13-20(19)24(31)28(27-22)15-17-9-3-2-4-10-17/h2-14,29H,15H2,1H3,(H,26,30)/b25-16+. The summed E-state index contributed by atoms with van der Waals surface area (Å²) in [6.07, 6.45) is 0. The number of nitrogens with one attached hydrogen (secondary N) is 1. The normalized spacial score (nSPS) is 11.5. The zero-order chi connectivity index (χ0) is 21.8. The minimum atomic E-state index is -0.548. The Morgan fingerprint density at radius 3 is 2.35 bits per heavy atom. The lowest BCUT2D eigenvalue weighted by Gasteiger charge is -2.11. The van der Waals surface area contributed by atoms with Crippen LogP contribution in [-0.2, 0) is 6.54 Å². The molecule has 4 aromatic rings. The monoisotopic (exact) mass is 412 g/mol. The first-order chi connectivity index (χ1) is 15.0. The number of nitrogens with zero attached hydrogens (tertiary/aromatic N) is 3. The third kappa shape index (κ3) is 4.20. The van der Waals surface area contributed by atoms with Crippen molar-refractivity contribution in [1.29, 1.82) is 0 Å². The highest BCUT2D eigenvalue weighted by molar-refractivity contribution is 6.06. The van der Waals surface area contributed by atoms with Gasteiger partial charge in [0.1, 0.15) is 5.75 Å². The van der Waals surface area contributed by atoms with Crippen molar-refractivity contribution in [3.8, 4) is 5.75 Å². The predicted octanol–water partition coefficient (Wildman–Crippen LogP) is 3.30. The molecule has 0 unspecified atom stereocenters. The molecule has 0 saturated heterocycles. The number of hydrogen-bond acceptors (Lipinski definition) is 5. The lowest BCUT2D eigenvalue weighted by Crippen LogP contribution is -2.29. The minimum Gasteiger partial charge on any atom is -0.507 e. The van der Waals surface area contributed by atoms with Crippen molar-refractivity contribution in [2.75, 3.05) is 0 Å². The number of hydrogen-bond donors (Lipinski definition) is 2. The molecule has 7 nitrogen and oxygen atoms in total. The number of phenols is 1. The summed E-state index contributed by atoms with van der Waals surface area (Å²) in [7, 11) is 0. The van der Waals surface area contributed by atoms with Crippen LogP contribution in [0, 0.1) is 0 Å². The van der Waals surface area contributed by atoms with Crippen molar-refractivity contribution >= 4 is 22.4 Å². The average Bonchev–Trinajstić information content (AvgIpc) is 2.80. The summed E-state index contributed by atoms with van der Waals surface area (Å²) in [5.41, 5.74) is 4.15. The summed E-state index contributed by atoms with van der Waals surface area (Å²) >= 11 is 0. The maximum Gasteiger partial charge on any atom is 0.292 e. The van der Waals surface area contributed by atoms with E-state index in [4.69, 9.17) is 0 Å². The molecule has 0 radical (unpaired) electrons. The van der Waals surface area contributed by atoms with E-state index in [9.17, 15) is 14.7 Å². The Bertz CT molecular complexity index is 1340. The van der Waals surface area contributed by atoms with Crippen molar-refractivity contribution in [2.24, 2.45) is 5.10 Å². The Labute approximate surface area is 178 Å². The van der Waals surface area contributed by atoms with E-state index in [1.165, 1.54) is 4.68 Å². The summed E-state index contributed by atoms with van der Waals surface area (Å²) in [5, 5.41) is 19.3. The summed E-state index contributed by atoms with van der Waals surface area (Å²) in [4.78, 5) is 25.8. The molecule has 0 aliphatic rings. The van der Waals surface area contributed by atoms with Gasteiger partial charge < -0.3 is 5.11 Å². The lowest BCUT2D eigenvalue weighted by molar-refractivity contribution is 0.0949. The number of fused-ring (bicyclic) bond motifs is 1. The molecule has 0 aliphatic carbocycles. The first-order valence-electron chi connectivity index (χ1n) is 9.71. The predicted molar refractivity (Wildman–Crippen MR) is 119 cm³/mol. The quantitative estimate of drug-likeness (QED) is 0.388. The van der Waals surface area contributed by atoms with Gasteiger partial charge in [-0.1, -0.05) is 60.7 Å². The maximum absolute atomic E-state index is 12.9. The van der Waals surface area contributed by atoms with Crippen molar-refractivity contribution in [2.45, 2.75) is 13.5 Å². The van der Waals surface area contributed by atoms with Gasteiger partial charge in [0.2, 0.25) is 0 Å². The highest BCUT2D eigenvalue weighted by atomic mass is 16.3. The number of benzene rings is 3. The van der Waals surface area contributed by atoms with Gasteiger partial charge in [-0.15, -0.1) is 0 Å². The smallest absolute Gasteiger partial charge is 0.292 e. The molecule has 7 heteroatoms. The van der Waals surface area contributed by atoms with E-state index in [0.29, 0.717) is 22.0 Å². The molecule has 31 heavy (non-hydrogen) atoms. The van der Waals surface area contributed by atoms with Crippen LogP contribution >= 0.6 is 0 Å². The molecule has 1 amide bonds. The third-order valence-electron chi connectivity index (χ3n) is 4.88. The van der Waals surface area contributed by atoms with Crippen molar-refractivity contribution < 1.29 is 9.90 Å². The van der Waals surface area contributed by atoms with Crippen LogP contribution in [0.4, 0.5) is 0 Å². The van der Waals surface area contributed by atoms with Crippen LogP contribution in [-0.4, -0.2) is 26.5 Å². The summed E-state index contributed by atoms with van der Waals surface area (Å²) < 4.78 is 1.28. The molecule has 0 saturated carbocycles. The van der Waals surface area contributed by atoms with E-state index < -0.39 is 5.91 Å². The van der Waals surface area contributed by atoms with Gasteiger partial charge >= 0.3 is 0 Å². The molecule has 3 aromatic carbocycles. The topological polar surface area (TPSA) is 96.6 Å². The molecule has 0 aliphatic heterocycles. The molecule has 1 aromatic heterocycles. The molecule has 0 bridgehead atoms. The van der Waals surface area contributed by atoms with Gasteiger partial charge in [0.15, 0.2) is 5.69 Å². The van der Waals surface area contributed by atoms with Crippen molar-refractivity contribution in [3.05, 3.63) is 106 Å². The molecular weight excluding hydrogens is 392 g/mol. The van der Waals surface area contributed by atoms with E-state index in [1.54, 1.807) is 55.5 Å². The van der Waals surface area contributed by atoms with Gasteiger partial charge in [-0.3, -0.25) is 9.59 Å². The number of para-hydroxylation sites is 1. The molecule has 1 heterocycles. The molecular formula is C24H20N4O3. The Hall–Kier alpha value is -4.26. The number of aromatic nitrogens is 2. The molecule has 154 valence electrons. The Morgan fingerprint density at radius 1 is 0.968 bits per heavy atom. The van der Waals surface area contributed by atoms with E-state index in [-0.39, 0.29) is 23.5 Å². The lowest BCUT2D eigenvalue weighted by atomic mass is 10.1. The first-order valence-corrected chi connectivity index (χ1v) is 9.71. The van der Waals surface area contributed by atoms with Crippen LogP contribution in [0.15, 0.2) is 88.8 Å². The molecule has 4 rings (SSSR count). The second kappa shape index (κ2) is 8.62. The number of hydrazone groups is 1. The number of carbonyl (C=O) groups excluding carboxylic acids is 1. The summed E-state index contributed by atoms with van der Waals surface area (Å²) in [6, 6.07) is 23.0. The van der Waals surface area contributed by atoms with Gasteiger partial charge in [0.25, 0.3) is 11.5 Å². The maximum atomic E-state index is 12.9. The van der Waals surface area contributed by atoms with Gasteiger partial charge in [0.05, 0.1) is 17.6 Å². The van der Waals surface area contributed by atoms with Gasteiger partial charge in [-0.2, -0.15) is 10.2 Å². The van der Waals surface area contributed by atoms with E-state index >= 15 is 0 Å². The fraction of sp³-hybridized carbons (Fsp3) is 0.0833. The summed E-state index contributed by atoms with van der Waals surface area (Å²) in [6.45, 7) is 1.92. The first kappa shape index (κ1) is 20.0. The van der Waals surface area contributed by atoms with Crippen LogP contribution in [0.3, 0.4) is 0 Å². The number of amides is 1. The van der Waals surface area contributed by atoms with Crippen LogP contribution in [0.25, 0.3) is 10.8 Å². The fourth-order valence-corrected chi connectivity index (χ4v) is 3.29. The number of carbonyl (C=O) groups is 1. The van der Waals surface area contributed by atoms with E-state index in [0.717, 1.165) is 5.56 Å². The minimum absolute atomic E-state index is 0.0676. The molecule has 0 atom stereocenters. The average molecular weight is 412 g/mol. The highest BCUT2D eigenvalue weighted by Crippen LogP contribution is 2.17. The van der Waals surface area contributed by atoms with E-state index in [2.05, 4.69) is 15.6 Å². The largest absolute Gasteiger partial charge is 0.507 e. The van der Waals surface area contributed by atoms with E-state index in [1.807, 2.05) is 30.3 Å². The highest BCUT2D eigenvalue weighted by Gasteiger charge is 2.17. The second-order valence-corrected chi connectivity index (χ2v) is 7.00. The number of aromatic hydroxyl groups is 1. The van der Waals surface area contributed by atoms with Crippen molar-refractivity contribution in [1.82, 2.24) is 15.2 Å². The van der Waals surface area contributed by atoms with Crippen LogP contribution < -0.4 is 11.0 Å². The number of phenolic OH excluding ortho intramolecular Hbond substituents is 1. The Morgan fingerprint density at radius 2 is 1.61 bits per heavy atom. The molecule has 0 spiro atoms.